The zero-order valence-electron chi connectivity index (χ0n) is 10.7. The highest BCUT2D eigenvalue weighted by Crippen LogP contribution is 2.18. The van der Waals surface area contributed by atoms with Crippen LogP contribution in [0.3, 0.4) is 0 Å². The molecule has 0 aliphatic carbocycles. The first-order chi connectivity index (χ1) is 8.66. The van der Waals surface area contributed by atoms with E-state index in [1.807, 2.05) is 54.3 Å². The molecule has 0 radical (unpaired) electrons. The SMILES string of the molecule is C=C(C)CCC(N)c1cnn(-c2ccccc2)c1. The van der Waals surface area contributed by atoms with Crippen LogP contribution < -0.4 is 5.73 Å². The van der Waals surface area contributed by atoms with Gasteiger partial charge in [-0.2, -0.15) is 5.10 Å². The monoisotopic (exact) mass is 241 g/mol. The average molecular weight is 241 g/mol. The van der Waals surface area contributed by atoms with Crippen LogP contribution in [0.15, 0.2) is 54.9 Å². The second kappa shape index (κ2) is 5.65. The summed E-state index contributed by atoms with van der Waals surface area (Å²) in [6.07, 6.45) is 5.71. The van der Waals surface area contributed by atoms with E-state index in [2.05, 4.69) is 11.7 Å². The molecule has 0 fully saturated rings. The molecule has 0 saturated heterocycles. The summed E-state index contributed by atoms with van der Waals surface area (Å²) in [4.78, 5) is 0. The molecular weight excluding hydrogens is 222 g/mol. The predicted octanol–water partition coefficient (Wildman–Crippen LogP) is 3.23. The smallest absolute Gasteiger partial charge is 0.0645 e. The van der Waals surface area contributed by atoms with Gasteiger partial charge >= 0.3 is 0 Å². The Labute approximate surface area is 108 Å². The molecule has 1 atom stereocenters. The van der Waals surface area contributed by atoms with Crippen molar-refractivity contribution in [2.24, 2.45) is 5.73 Å². The Morgan fingerprint density at radius 1 is 1.39 bits per heavy atom. The third-order valence-corrected chi connectivity index (χ3v) is 2.93. The average Bonchev–Trinajstić information content (AvgIpc) is 2.86. The third-order valence-electron chi connectivity index (χ3n) is 2.93. The standard InChI is InChI=1S/C15H19N3/c1-12(2)8-9-15(16)13-10-17-18(11-13)14-6-4-3-5-7-14/h3-7,10-11,15H,1,8-9,16H2,2H3. The Kier molecular flexibility index (Phi) is 3.95. The van der Waals surface area contributed by atoms with Crippen LogP contribution in [0, 0.1) is 0 Å². The van der Waals surface area contributed by atoms with Gasteiger partial charge in [-0.25, -0.2) is 4.68 Å². The fourth-order valence-electron chi connectivity index (χ4n) is 1.82. The number of para-hydroxylation sites is 1. The molecule has 0 amide bonds. The number of hydrogen-bond acceptors (Lipinski definition) is 2. The Hall–Kier alpha value is -1.87. The summed E-state index contributed by atoms with van der Waals surface area (Å²) in [5.74, 6) is 0. The van der Waals surface area contributed by atoms with Gasteiger partial charge in [0.05, 0.1) is 11.9 Å². The summed E-state index contributed by atoms with van der Waals surface area (Å²) in [5.41, 5.74) is 9.43. The minimum Gasteiger partial charge on any atom is -0.324 e. The quantitative estimate of drug-likeness (QED) is 0.817. The fourth-order valence-corrected chi connectivity index (χ4v) is 1.82. The molecule has 0 bridgehead atoms. The van der Waals surface area contributed by atoms with Gasteiger partial charge in [-0.15, -0.1) is 6.58 Å². The molecule has 1 unspecified atom stereocenters. The molecule has 1 aromatic heterocycles. The molecule has 0 aliphatic rings. The molecule has 2 aromatic rings. The molecule has 94 valence electrons. The molecule has 2 N–H and O–H groups in total. The van der Waals surface area contributed by atoms with E-state index in [9.17, 15) is 0 Å². The lowest BCUT2D eigenvalue weighted by atomic mass is 10.0. The lowest BCUT2D eigenvalue weighted by Gasteiger charge is -2.08. The van der Waals surface area contributed by atoms with Crippen molar-refractivity contribution in [3.05, 3.63) is 60.4 Å². The van der Waals surface area contributed by atoms with Gasteiger partial charge < -0.3 is 5.73 Å². The van der Waals surface area contributed by atoms with Crippen molar-refractivity contribution < 1.29 is 0 Å². The normalized spacial score (nSPS) is 12.3. The van der Waals surface area contributed by atoms with Crippen LogP contribution in [0.4, 0.5) is 0 Å². The largest absolute Gasteiger partial charge is 0.324 e. The highest BCUT2D eigenvalue weighted by atomic mass is 15.3. The van der Waals surface area contributed by atoms with Crippen molar-refractivity contribution in [2.45, 2.75) is 25.8 Å². The summed E-state index contributed by atoms with van der Waals surface area (Å²) in [7, 11) is 0. The highest BCUT2D eigenvalue weighted by molar-refractivity contribution is 5.31. The molecule has 18 heavy (non-hydrogen) atoms. The van der Waals surface area contributed by atoms with Gasteiger partial charge in [-0.3, -0.25) is 0 Å². The number of hydrogen-bond donors (Lipinski definition) is 1. The van der Waals surface area contributed by atoms with Gasteiger partial charge in [0.1, 0.15) is 0 Å². The number of benzene rings is 1. The van der Waals surface area contributed by atoms with Crippen LogP contribution in [0.25, 0.3) is 5.69 Å². The Balaban J connectivity index is 2.08. The van der Waals surface area contributed by atoms with E-state index in [1.54, 1.807) is 0 Å². The highest BCUT2D eigenvalue weighted by Gasteiger charge is 2.09. The predicted molar refractivity (Wildman–Crippen MR) is 74.5 cm³/mol. The van der Waals surface area contributed by atoms with Crippen molar-refractivity contribution in [3.8, 4) is 5.69 Å². The van der Waals surface area contributed by atoms with E-state index < -0.39 is 0 Å². The lowest BCUT2D eigenvalue weighted by molar-refractivity contribution is 0.649. The summed E-state index contributed by atoms with van der Waals surface area (Å²) in [6, 6.07) is 10.1. The van der Waals surface area contributed by atoms with Crippen molar-refractivity contribution >= 4 is 0 Å². The number of allylic oxidation sites excluding steroid dienone is 1. The Morgan fingerprint density at radius 2 is 2.11 bits per heavy atom. The van der Waals surface area contributed by atoms with Gasteiger partial charge in [-0.05, 0) is 31.9 Å². The molecular formula is C15H19N3. The number of nitrogens with two attached hydrogens (primary N) is 1. The first-order valence-electron chi connectivity index (χ1n) is 6.17. The van der Waals surface area contributed by atoms with Gasteiger partial charge in [0.25, 0.3) is 0 Å². The zero-order chi connectivity index (χ0) is 13.0. The van der Waals surface area contributed by atoms with E-state index in [-0.39, 0.29) is 6.04 Å². The first kappa shape index (κ1) is 12.6. The fraction of sp³-hybridized carbons (Fsp3) is 0.267. The molecule has 1 aromatic carbocycles. The number of rotatable bonds is 5. The molecule has 3 nitrogen and oxygen atoms in total. The van der Waals surface area contributed by atoms with E-state index in [1.165, 1.54) is 5.57 Å². The summed E-state index contributed by atoms with van der Waals surface area (Å²) < 4.78 is 1.86. The minimum atomic E-state index is 0.0270. The maximum absolute atomic E-state index is 6.14. The van der Waals surface area contributed by atoms with Crippen molar-refractivity contribution in [2.75, 3.05) is 0 Å². The third kappa shape index (κ3) is 3.08. The number of aromatic nitrogens is 2. The van der Waals surface area contributed by atoms with E-state index >= 15 is 0 Å². The van der Waals surface area contributed by atoms with Crippen LogP contribution in [0.5, 0.6) is 0 Å². The first-order valence-corrected chi connectivity index (χ1v) is 6.17. The van der Waals surface area contributed by atoms with E-state index in [0.29, 0.717) is 0 Å². The van der Waals surface area contributed by atoms with Gasteiger partial charge in [0.15, 0.2) is 0 Å². The minimum absolute atomic E-state index is 0.0270. The second-order valence-electron chi connectivity index (χ2n) is 4.66. The van der Waals surface area contributed by atoms with Gasteiger partial charge in [0, 0.05) is 17.8 Å². The van der Waals surface area contributed by atoms with Crippen molar-refractivity contribution in [1.82, 2.24) is 9.78 Å². The van der Waals surface area contributed by atoms with Crippen LogP contribution in [-0.4, -0.2) is 9.78 Å². The van der Waals surface area contributed by atoms with Crippen LogP contribution >= 0.6 is 0 Å². The molecule has 0 aliphatic heterocycles. The van der Waals surface area contributed by atoms with E-state index in [4.69, 9.17) is 5.73 Å². The maximum atomic E-state index is 6.14. The Bertz CT molecular complexity index is 514. The zero-order valence-corrected chi connectivity index (χ0v) is 10.7. The lowest BCUT2D eigenvalue weighted by Crippen LogP contribution is -2.09. The van der Waals surface area contributed by atoms with Crippen LogP contribution in [0.2, 0.25) is 0 Å². The van der Waals surface area contributed by atoms with E-state index in [0.717, 1.165) is 24.1 Å². The molecule has 0 spiro atoms. The second-order valence-corrected chi connectivity index (χ2v) is 4.66. The van der Waals surface area contributed by atoms with Gasteiger partial charge in [-0.1, -0.05) is 23.8 Å². The van der Waals surface area contributed by atoms with Crippen molar-refractivity contribution in [3.63, 3.8) is 0 Å². The van der Waals surface area contributed by atoms with Gasteiger partial charge in [0.2, 0.25) is 0 Å². The molecule has 2 rings (SSSR count). The maximum Gasteiger partial charge on any atom is 0.0645 e. The molecule has 0 saturated carbocycles. The van der Waals surface area contributed by atoms with Crippen LogP contribution in [-0.2, 0) is 0 Å². The number of nitrogens with zero attached hydrogens (tertiary/aromatic N) is 2. The topological polar surface area (TPSA) is 43.8 Å². The summed E-state index contributed by atoms with van der Waals surface area (Å²) >= 11 is 0. The molecule has 3 heteroatoms. The Morgan fingerprint density at radius 3 is 2.78 bits per heavy atom. The molecule has 1 heterocycles. The van der Waals surface area contributed by atoms with Crippen LogP contribution in [0.1, 0.15) is 31.4 Å². The summed E-state index contributed by atoms with van der Waals surface area (Å²) in [6.45, 7) is 5.93. The van der Waals surface area contributed by atoms with Crippen molar-refractivity contribution in [1.29, 1.82) is 0 Å². The summed E-state index contributed by atoms with van der Waals surface area (Å²) in [5, 5.41) is 4.35.